The summed E-state index contributed by atoms with van der Waals surface area (Å²) in [7, 11) is 0.384. The summed E-state index contributed by atoms with van der Waals surface area (Å²) in [6.45, 7) is 6.56. The van der Waals surface area contributed by atoms with Crippen molar-refractivity contribution in [3.63, 3.8) is 0 Å². The largest absolute Gasteiger partial charge is 0.430 e. The number of hydrogen-bond acceptors (Lipinski definition) is 2. The molecule has 3 nitrogen and oxygen atoms in total. The van der Waals surface area contributed by atoms with Gasteiger partial charge in [-0.3, -0.25) is 4.79 Å². The molecule has 1 aromatic rings. The molecule has 0 saturated carbocycles. The Morgan fingerprint density at radius 2 is 1.56 bits per heavy atom. The molecule has 0 aliphatic carbocycles. The molecule has 0 heterocycles. The van der Waals surface area contributed by atoms with Crippen molar-refractivity contribution in [2.45, 2.75) is 52.1 Å². The first-order valence-electron chi connectivity index (χ1n) is 8.30. The number of alkyl halides is 6. The average Bonchev–Trinajstić information content (AvgIpc) is 2.46. The standard InChI is InChI=1S/C18H23F6NO2/c1-10(2)8-12-9-13(25-15(26)11(3)4)6-7-14(12)16(27-5,17(19,20)21)18(22,23)24/h6-7,9-11H,8H2,1-5H3,(H,25,26). The van der Waals surface area contributed by atoms with Crippen molar-refractivity contribution in [2.75, 3.05) is 12.4 Å². The minimum atomic E-state index is -5.73. The van der Waals surface area contributed by atoms with Crippen LogP contribution in [0.1, 0.15) is 38.8 Å². The normalized spacial score (nSPS) is 13.4. The first-order chi connectivity index (χ1) is 12.2. The maximum Gasteiger partial charge on any atom is 0.430 e. The highest BCUT2D eigenvalue weighted by Crippen LogP contribution is 2.53. The molecule has 1 rings (SSSR count). The number of methoxy groups -OCH3 is 1. The van der Waals surface area contributed by atoms with E-state index in [4.69, 9.17) is 0 Å². The summed E-state index contributed by atoms with van der Waals surface area (Å²) in [5.41, 5.74) is -5.54. The number of carbonyl (C=O) groups excluding carboxylic acids is 1. The van der Waals surface area contributed by atoms with Crippen LogP contribution in [0.15, 0.2) is 18.2 Å². The van der Waals surface area contributed by atoms with Gasteiger partial charge in [0.25, 0.3) is 5.60 Å². The van der Waals surface area contributed by atoms with Crippen molar-refractivity contribution in [1.82, 2.24) is 0 Å². The van der Waals surface area contributed by atoms with E-state index in [1.165, 1.54) is 0 Å². The Morgan fingerprint density at radius 1 is 1.04 bits per heavy atom. The van der Waals surface area contributed by atoms with Crippen molar-refractivity contribution >= 4 is 11.6 Å². The van der Waals surface area contributed by atoms with Gasteiger partial charge in [0.05, 0.1) is 0 Å². The molecule has 0 aromatic heterocycles. The molecule has 1 aromatic carbocycles. The van der Waals surface area contributed by atoms with Crippen molar-refractivity contribution in [3.8, 4) is 0 Å². The molecule has 1 N–H and O–H groups in total. The number of halogens is 6. The zero-order valence-electron chi connectivity index (χ0n) is 15.7. The molecule has 0 spiro atoms. The fourth-order valence-corrected chi connectivity index (χ4v) is 2.72. The van der Waals surface area contributed by atoms with Crippen LogP contribution in [0.25, 0.3) is 0 Å². The van der Waals surface area contributed by atoms with Crippen LogP contribution in [-0.4, -0.2) is 25.4 Å². The van der Waals surface area contributed by atoms with Crippen LogP contribution in [0, 0.1) is 11.8 Å². The van der Waals surface area contributed by atoms with Crippen molar-refractivity contribution < 1.29 is 35.9 Å². The maximum atomic E-state index is 13.6. The highest BCUT2D eigenvalue weighted by molar-refractivity contribution is 5.92. The Balaban J connectivity index is 3.66. The van der Waals surface area contributed by atoms with Crippen LogP contribution < -0.4 is 5.32 Å². The van der Waals surface area contributed by atoms with Gasteiger partial charge in [0, 0.05) is 24.3 Å². The predicted molar refractivity (Wildman–Crippen MR) is 89.2 cm³/mol. The number of carbonyl (C=O) groups is 1. The molecular formula is C18H23F6NO2. The Labute approximate surface area is 154 Å². The molecule has 0 fully saturated rings. The molecule has 0 bridgehead atoms. The second-order valence-electron chi connectivity index (χ2n) is 6.99. The molecular weight excluding hydrogens is 376 g/mol. The highest BCUT2D eigenvalue weighted by Gasteiger charge is 2.73. The Kier molecular flexibility index (Phi) is 6.96. The molecule has 0 aliphatic rings. The summed E-state index contributed by atoms with van der Waals surface area (Å²) in [5, 5.41) is 2.49. The number of ether oxygens (including phenoxy) is 1. The van der Waals surface area contributed by atoms with E-state index in [0.717, 1.165) is 18.2 Å². The number of hydrogen-bond donors (Lipinski definition) is 1. The average molecular weight is 399 g/mol. The van der Waals surface area contributed by atoms with E-state index in [2.05, 4.69) is 10.1 Å². The fourth-order valence-electron chi connectivity index (χ4n) is 2.72. The van der Waals surface area contributed by atoms with E-state index >= 15 is 0 Å². The summed E-state index contributed by atoms with van der Waals surface area (Å²) in [5.74, 6) is -1.03. The molecule has 9 heteroatoms. The number of nitrogens with one attached hydrogen (secondary N) is 1. The molecule has 0 saturated heterocycles. The van der Waals surface area contributed by atoms with Crippen LogP contribution in [0.2, 0.25) is 0 Å². The minimum Gasteiger partial charge on any atom is -0.357 e. The summed E-state index contributed by atoms with van der Waals surface area (Å²) in [6.07, 6.45) is -11.5. The van der Waals surface area contributed by atoms with Gasteiger partial charge in [0.2, 0.25) is 5.91 Å². The van der Waals surface area contributed by atoms with Gasteiger partial charge in [-0.2, -0.15) is 26.3 Å². The van der Waals surface area contributed by atoms with Gasteiger partial charge in [-0.15, -0.1) is 0 Å². The lowest BCUT2D eigenvalue weighted by atomic mass is 9.84. The summed E-state index contributed by atoms with van der Waals surface area (Å²) in [6, 6.07) is 2.88. The van der Waals surface area contributed by atoms with Crippen molar-refractivity contribution in [1.29, 1.82) is 0 Å². The van der Waals surface area contributed by atoms with Crippen LogP contribution in [0.4, 0.5) is 32.0 Å². The highest BCUT2D eigenvalue weighted by atomic mass is 19.4. The lowest BCUT2D eigenvalue weighted by molar-refractivity contribution is -0.383. The fraction of sp³-hybridized carbons (Fsp3) is 0.611. The molecule has 0 atom stereocenters. The Morgan fingerprint density at radius 3 is 1.93 bits per heavy atom. The second-order valence-corrected chi connectivity index (χ2v) is 6.99. The van der Waals surface area contributed by atoms with Crippen LogP contribution in [-0.2, 0) is 21.6 Å². The molecule has 27 heavy (non-hydrogen) atoms. The molecule has 0 unspecified atom stereocenters. The van der Waals surface area contributed by atoms with Crippen LogP contribution >= 0.6 is 0 Å². The van der Waals surface area contributed by atoms with E-state index in [9.17, 15) is 31.1 Å². The number of rotatable bonds is 6. The molecule has 154 valence electrons. The van der Waals surface area contributed by atoms with Crippen molar-refractivity contribution in [3.05, 3.63) is 29.3 Å². The van der Waals surface area contributed by atoms with Gasteiger partial charge in [0.1, 0.15) is 0 Å². The summed E-state index contributed by atoms with van der Waals surface area (Å²) in [4.78, 5) is 11.8. The lowest BCUT2D eigenvalue weighted by Gasteiger charge is -2.37. The Hall–Kier alpha value is -1.77. The van der Waals surface area contributed by atoms with E-state index in [1.54, 1.807) is 27.7 Å². The number of anilines is 1. The lowest BCUT2D eigenvalue weighted by Crippen LogP contribution is -2.55. The van der Waals surface area contributed by atoms with E-state index in [0.29, 0.717) is 7.11 Å². The van der Waals surface area contributed by atoms with E-state index in [1.807, 2.05) is 0 Å². The van der Waals surface area contributed by atoms with Crippen LogP contribution in [0.3, 0.4) is 0 Å². The third-order valence-electron chi connectivity index (χ3n) is 4.01. The predicted octanol–water partition coefficient (Wildman–Crippen LogP) is 5.45. The number of benzene rings is 1. The topological polar surface area (TPSA) is 38.3 Å². The zero-order valence-corrected chi connectivity index (χ0v) is 15.7. The number of amides is 1. The summed E-state index contributed by atoms with van der Waals surface area (Å²) >= 11 is 0. The van der Waals surface area contributed by atoms with Gasteiger partial charge >= 0.3 is 12.4 Å². The van der Waals surface area contributed by atoms with Gasteiger partial charge < -0.3 is 10.1 Å². The SMILES string of the molecule is COC(c1ccc(NC(=O)C(C)C)cc1CC(C)C)(C(F)(F)F)C(F)(F)F. The van der Waals surface area contributed by atoms with Gasteiger partial charge in [0.15, 0.2) is 0 Å². The molecule has 0 radical (unpaired) electrons. The third-order valence-corrected chi connectivity index (χ3v) is 4.01. The first kappa shape index (κ1) is 23.3. The van der Waals surface area contributed by atoms with E-state index in [-0.39, 0.29) is 23.6 Å². The minimum absolute atomic E-state index is 0.0575. The van der Waals surface area contributed by atoms with Crippen LogP contribution in [0.5, 0.6) is 0 Å². The molecule has 1 amide bonds. The summed E-state index contributed by atoms with van der Waals surface area (Å²) < 4.78 is 85.6. The maximum absolute atomic E-state index is 13.6. The third kappa shape index (κ3) is 4.75. The quantitative estimate of drug-likeness (QED) is 0.647. The first-order valence-corrected chi connectivity index (χ1v) is 8.30. The van der Waals surface area contributed by atoms with E-state index < -0.39 is 35.3 Å². The zero-order chi connectivity index (χ0) is 21.2. The second kappa shape index (κ2) is 8.08. The van der Waals surface area contributed by atoms with Gasteiger partial charge in [-0.25, -0.2) is 0 Å². The van der Waals surface area contributed by atoms with Crippen molar-refractivity contribution in [2.24, 2.45) is 11.8 Å². The smallest absolute Gasteiger partial charge is 0.357 e. The monoisotopic (exact) mass is 399 g/mol. The van der Waals surface area contributed by atoms with Gasteiger partial charge in [-0.05, 0) is 30.0 Å². The van der Waals surface area contributed by atoms with Gasteiger partial charge in [-0.1, -0.05) is 33.8 Å². The molecule has 0 aliphatic heterocycles. The Bertz CT molecular complexity index is 651.